The van der Waals surface area contributed by atoms with Crippen LogP contribution in [0.1, 0.15) is 116 Å². The maximum absolute atomic E-state index is 10.6. The van der Waals surface area contributed by atoms with Gasteiger partial charge in [0.1, 0.15) is 0 Å². The second kappa shape index (κ2) is 15.4. The van der Waals surface area contributed by atoms with E-state index in [9.17, 15) is 9.59 Å². The second-order valence-corrected chi connectivity index (χ2v) is 10.6. The van der Waals surface area contributed by atoms with Gasteiger partial charge in [-0.05, 0) is 50.5 Å². The summed E-state index contributed by atoms with van der Waals surface area (Å²) in [6.45, 7) is 0.527. The van der Waals surface area contributed by atoms with Gasteiger partial charge >= 0.3 is 11.9 Å². The van der Waals surface area contributed by atoms with Crippen molar-refractivity contribution in [1.82, 2.24) is 0 Å². The van der Waals surface area contributed by atoms with E-state index in [0.717, 1.165) is 83.5 Å². The SMILES string of the molecule is N#CC1(CC(=O)O)CCCCC1.N#CCC1(C#N)CCCCC1.NCC1(CC(=O)O)CCCCC1. The largest absolute Gasteiger partial charge is 0.481 e. The first-order valence-corrected chi connectivity index (χ1v) is 13.0. The van der Waals surface area contributed by atoms with Crippen LogP contribution in [0.25, 0.3) is 0 Å². The smallest absolute Gasteiger partial charge is 0.304 e. The normalized spacial score (nSPS) is 21.7. The van der Waals surface area contributed by atoms with Crippen LogP contribution in [0.15, 0.2) is 0 Å². The number of hydrogen-bond donors (Lipinski definition) is 3. The molecule has 0 radical (unpaired) electrons. The summed E-state index contributed by atoms with van der Waals surface area (Å²) in [7, 11) is 0. The Morgan fingerprint density at radius 2 is 1.06 bits per heavy atom. The summed E-state index contributed by atoms with van der Waals surface area (Å²) in [5.74, 6) is -1.55. The van der Waals surface area contributed by atoms with Crippen LogP contribution in [0.4, 0.5) is 0 Å². The zero-order chi connectivity index (χ0) is 26.2. The molecule has 4 N–H and O–H groups in total. The van der Waals surface area contributed by atoms with Crippen molar-refractivity contribution in [1.29, 1.82) is 15.8 Å². The fourth-order valence-electron chi connectivity index (χ4n) is 5.63. The molecule has 0 bridgehead atoms. The van der Waals surface area contributed by atoms with Gasteiger partial charge in [0.25, 0.3) is 0 Å². The predicted octanol–water partition coefficient (Wildman–Crippen LogP) is 5.68. The van der Waals surface area contributed by atoms with Crippen LogP contribution in [0.3, 0.4) is 0 Å². The molecule has 8 nitrogen and oxygen atoms in total. The zero-order valence-electron chi connectivity index (χ0n) is 21.1. The highest BCUT2D eigenvalue weighted by Gasteiger charge is 2.35. The van der Waals surface area contributed by atoms with Crippen LogP contribution in [0.5, 0.6) is 0 Å². The lowest BCUT2D eigenvalue weighted by atomic mass is 9.72. The Hall–Kier alpha value is -2.63. The Labute approximate surface area is 210 Å². The molecular formula is C27H42N4O4. The molecule has 3 saturated carbocycles. The van der Waals surface area contributed by atoms with Crippen molar-refractivity contribution in [3.05, 3.63) is 0 Å². The van der Waals surface area contributed by atoms with Crippen LogP contribution in [-0.4, -0.2) is 28.7 Å². The number of nitrogens with zero attached hydrogens (tertiary/aromatic N) is 3. The van der Waals surface area contributed by atoms with Crippen LogP contribution < -0.4 is 5.73 Å². The maximum Gasteiger partial charge on any atom is 0.304 e. The highest BCUT2D eigenvalue weighted by molar-refractivity contribution is 5.68. The number of hydrogen-bond acceptors (Lipinski definition) is 6. The van der Waals surface area contributed by atoms with Gasteiger partial charge in [0, 0.05) is 0 Å². The number of nitriles is 3. The van der Waals surface area contributed by atoms with Gasteiger partial charge < -0.3 is 15.9 Å². The molecule has 0 aromatic carbocycles. The van der Waals surface area contributed by atoms with Crippen molar-refractivity contribution in [2.24, 2.45) is 22.0 Å². The van der Waals surface area contributed by atoms with Gasteiger partial charge in [0.15, 0.2) is 0 Å². The van der Waals surface area contributed by atoms with Gasteiger partial charge in [-0.2, -0.15) is 15.8 Å². The number of rotatable bonds is 6. The minimum atomic E-state index is -0.849. The number of aliphatic carboxylic acids is 2. The Morgan fingerprint density at radius 1 is 0.657 bits per heavy atom. The highest BCUT2D eigenvalue weighted by Crippen LogP contribution is 2.39. The minimum absolute atomic E-state index is 0.0174. The van der Waals surface area contributed by atoms with Gasteiger partial charge in [-0.3, -0.25) is 9.59 Å². The fraction of sp³-hybridized carbons (Fsp3) is 0.815. The second-order valence-electron chi connectivity index (χ2n) is 10.6. The molecule has 3 aliphatic rings. The summed E-state index contributed by atoms with van der Waals surface area (Å²) in [5.41, 5.74) is 4.71. The van der Waals surface area contributed by atoms with Gasteiger partial charge in [-0.15, -0.1) is 0 Å². The van der Waals surface area contributed by atoms with E-state index >= 15 is 0 Å². The molecule has 0 aromatic heterocycles. The summed E-state index contributed by atoms with van der Waals surface area (Å²) >= 11 is 0. The quantitative estimate of drug-likeness (QED) is 0.430. The minimum Gasteiger partial charge on any atom is -0.481 e. The first kappa shape index (κ1) is 30.4. The third-order valence-corrected chi connectivity index (χ3v) is 7.88. The standard InChI is InChI=1S/C9H12N2.C9H17NO2.C9H13NO2/c10-7-6-9(8-11)4-2-1-3-5-9;2*10-7-9(6-8(11)12)4-2-1-3-5-9/h1-6H2;1-7,10H2,(H,11,12);1-6H2,(H,11,12). The molecule has 0 spiro atoms. The first-order chi connectivity index (χ1) is 16.7. The summed E-state index contributed by atoms with van der Waals surface area (Å²) in [5, 5.41) is 43.6. The number of nitrogens with two attached hydrogens (primary N) is 1. The molecule has 0 saturated heterocycles. The van der Waals surface area contributed by atoms with Crippen molar-refractivity contribution in [2.75, 3.05) is 6.54 Å². The molecular weight excluding hydrogens is 444 g/mol. The maximum atomic E-state index is 10.6. The van der Waals surface area contributed by atoms with Crippen LogP contribution >= 0.6 is 0 Å². The fourth-order valence-corrected chi connectivity index (χ4v) is 5.63. The topological polar surface area (TPSA) is 172 Å². The summed E-state index contributed by atoms with van der Waals surface area (Å²) in [4.78, 5) is 21.1. The van der Waals surface area contributed by atoms with E-state index in [-0.39, 0.29) is 23.7 Å². The van der Waals surface area contributed by atoms with E-state index in [4.69, 9.17) is 31.7 Å². The van der Waals surface area contributed by atoms with Crippen molar-refractivity contribution in [2.45, 2.75) is 116 Å². The lowest BCUT2D eigenvalue weighted by Gasteiger charge is -2.34. The van der Waals surface area contributed by atoms with E-state index in [2.05, 4.69) is 18.2 Å². The van der Waals surface area contributed by atoms with Crippen molar-refractivity contribution >= 4 is 11.9 Å². The molecule has 0 aliphatic heterocycles. The van der Waals surface area contributed by atoms with E-state index in [1.807, 2.05) is 0 Å². The van der Waals surface area contributed by atoms with E-state index in [1.165, 1.54) is 12.8 Å². The molecule has 3 fully saturated rings. The van der Waals surface area contributed by atoms with Crippen LogP contribution in [0.2, 0.25) is 0 Å². The van der Waals surface area contributed by atoms with Gasteiger partial charge in [-0.1, -0.05) is 57.8 Å². The molecule has 0 unspecified atom stereocenters. The van der Waals surface area contributed by atoms with Gasteiger partial charge in [-0.25, -0.2) is 0 Å². The molecule has 3 rings (SSSR count). The summed E-state index contributed by atoms with van der Waals surface area (Å²) < 4.78 is 0. The first-order valence-electron chi connectivity index (χ1n) is 13.0. The summed E-state index contributed by atoms with van der Waals surface area (Å²) in [6, 6.07) is 6.57. The molecule has 0 atom stereocenters. The molecule has 8 heteroatoms. The number of carboxylic acids is 2. The zero-order valence-corrected chi connectivity index (χ0v) is 21.1. The Morgan fingerprint density at radius 3 is 1.40 bits per heavy atom. The third kappa shape index (κ3) is 10.7. The van der Waals surface area contributed by atoms with Crippen LogP contribution in [0, 0.1) is 50.2 Å². The van der Waals surface area contributed by atoms with E-state index in [0.29, 0.717) is 13.0 Å². The molecule has 0 amide bonds. The van der Waals surface area contributed by atoms with E-state index in [1.54, 1.807) is 0 Å². The third-order valence-electron chi connectivity index (χ3n) is 7.88. The molecule has 0 heterocycles. The van der Waals surface area contributed by atoms with Gasteiger partial charge in [0.05, 0.1) is 48.3 Å². The Kier molecular flexibility index (Phi) is 13.4. The molecule has 35 heavy (non-hydrogen) atoms. The lowest BCUT2D eigenvalue weighted by Crippen LogP contribution is -2.34. The lowest BCUT2D eigenvalue weighted by molar-refractivity contribution is -0.140. The highest BCUT2D eigenvalue weighted by atomic mass is 16.4. The Balaban J connectivity index is 0.000000263. The average molecular weight is 487 g/mol. The monoisotopic (exact) mass is 486 g/mol. The molecule has 3 aliphatic carbocycles. The Bertz CT molecular complexity index is 787. The predicted molar refractivity (Wildman–Crippen MR) is 132 cm³/mol. The molecule has 0 aromatic rings. The number of carboxylic acid groups (broad SMARTS) is 2. The van der Waals surface area contributed by atoms with Crippen molar-refractivity contribution < 1.29 is 19.8 Å². The summed E-state index contributed by atoms with van der Waals surface area (Å²) in [6.07, 6.45) is 16.2. The average Bonchev–Trinajstić information content (AvgIpc) is 2.86. The van der Waals surface area contributed by atoms with Gasteiger partial charge in [0.2, 0.25) is 0 Å². The van der Waals surface area contributed by atoms with E-state index < -0.39 is 17.4 Å². The molecule has 194 valence electrons. The number of carbonyl (C=O) groups is 2. The van der Waals surface area contributed by atoms with Crippen molar-refractivity contribution in [3.63, 3.8) is 0 Å². The van der Waals surface area contributed by atoms with Crippen LogP contribution in [-0.2, 0) is 9.59 Å². The van der Waals surface area contributed by atoms with Crippen molar-refractivity contribution in [3.8, 4) is 18.2 Å².